The Labute approximate surface area is 197 Å². The third-order valence-corrected chi connectivity index (χ3v) is 5.80. The second kappa shape index (κ2) is 10.1. The molecule has 0 radical (unpaired) electrons. The predicted octanol–water partition coefficient (Wildman–Crippen LogP) is 3.73. The van der Waals surface area contributed by atoms with E-state index in [4.69, 9.17) is 16.3 Å². The summed E-state index contributed by atoms with van der Waals surface area (Å²) in [7, 11) is 0. The summed E-state index contributed by atoms with van der Waals surface area (Å²) in [6, 6.07) is 10.6. The Bertz CT molecular complexity index is 1200. The molecule has 0 bridgehead atoms. The molecule has 33 heavy (non-hydrogen) atoms. The summed E-state index contributed by atoms with van der Waals surface area (Å²) in [5, 5.41) is 7.67. The van der Waals surface area contributed by atoms with Crippen LogP contribution in [0.1, 0.15) is 16.1 Å². The zero-order valence-electron chi connectivity index (χ0n) is 17.1. The van der Waals surface area contributed by atoms with Crippen LogP contribution in [0.4, 0.5) is 20.9 Å². The molecule has 3 amide bonds. The van der Waals surface area contributed by atoms with Crippen LogP contribution in [-0.4, -0.2) is 42.5 Å². The number of hydrogen-bond acceptors (Lipinski definition) is 6. The third kappa shape index (κ3) is 5.72. The second-order valence-corrected chi connectivity index (χ2v) is 8.39. The number of ether oxygens (including phenoxy) is 1. The SMILES string of the molecule is O=C(Cc1csc(NC(=O)c2ccc(Cl)cc2)n1)Nc1ccc(N2CCOCC2=O)cc1F. The number of carbonyl (C=O) groups excluding carboxylic acids is 3. The predicted molar refractivity (Wildman–Crippen MR) is 123 cm³/mol. The van der Waals surface area contributed by atoms with E-state index in [2.05, 4.69) is 15.6 Å². The van der Waals surface area contributed by atoms with E-state index in [1.54, 1.807) is 35.7 Å². The van der Waals surface area contributed by atoms with Crippen molar-refractivity contribution in [3.8, 4) is 0 Å². The fourth-order valence-corrected chi connectivity index (χ4v) is 3.97. The lowest BCUT2D eigenvalue weighted by molar-refractivity contribution is -0.125. The van der Waals surface area contributed by atoms with Crippen molar-refractivity contribution < 1.29 is 23.5 Å². The smallest absolute Gasteiger partial charge is 0.257 e. The minimum atomic E-state index is -0.658. The zero-order chi connectivity index (χ0) is 23.4. The highest BCUT2D eigenvalue weighted by Gasteiger charge is 2.21. The lowest BCUT2D eigenvalue weighted by Gasteiger charge is -2.27. The van der Waals surface area contributed by atoms with E-state index >= 15 is 0 Å². The summed E-state index contributed by atoms with van der Waals surface area (Å²) in [6.07, 6.45) is -0.101. The maximum Gasteiger partial charge on any atom is 0.257 e. The average molecular weight is 489 g/mol. The van der Waals surface area contributed by atoms with Crippen LogP contribution in [0.25, 0.3) is 0 Å². The van der Waals surface area contributed by atoms with Crippen molar-refractivity contribution in [2.75, 3.05) is 35.3 Å². The van der Waals surface area contributed by atoms with Crippen molar-refractivity contribution in [1.82, 2.24) is 4.98 Å². The van der Waals surface area contributed by atoms with Gasteiger partial charge in [0, 0.05) is 28.2 Å². The van der Waals surface area contributed by atoms with Crippen molar-refractivity contribution in [3.63, 3.8) is 0 Å². The number of nitrogens with one attached hydrogen (secondary N) is 2. The molecule has 0 atom stereocenters. The highest BCUT2D eigenvalue weighted by molar-refractivity contribution is 7.14. The quantitative estimate of drug-likeness (QED) is 0.550. The van der Waals surface area contributed by atoms with Gasteiger partial charge in [0.2, 0.25) is 5.91 Å². The molecule has 2 heterocycles. The molecule has 2 N–H and O–H groups in total. The van der Waals surface area contributed by atoms with E-state index in [9.17, 15) is 18.8 Å². The largest absolute Gasteiger partial charge is 0.370 e. The van der Waals surface area contributed by atoms with E-state index in [-0.39, 0.29) is 30.5 Å². The number of hydrogen-bond donors (Lipinski definition) is 2. The number of thiazole rings is 1. The van der Waals surface area contributed by atoms with E-state index < -0.39 is 11.7 Å². The molecule has 1 fully saturated rings. The average Bonchev–Trinajstić information content (AvgIpc) is 3.22. The van der Waals surface area contributed by atoms with Gasteiger partial charge in [-0.3, -0.25) is 19.7 Å². The van der Waals surface area contributed by atoms with Crippen LogP contribution in [0.2, 0.25) is 5.02 Å². The van der Waals surface area contributed by atoms with E-state index in [0.717, 1.165) is 0 Å². The highest BCUT2D eigenvalue weighted by Crippen LogP contribution is 2.24. The minimum Gasteiger partial charge on any atom is -0.370 e. The Balaban J connectivity index is 1.34. The summed E-state index contributed by atoms with van der Waals surface area (Å²) in [5.74, 6) is -1.72. The monoisotopic (exact) mass is 488 g/mol. The Kier molecular flexibility index (Phi) is 6.97. The first kappa shape index (κ1) is 22.8. The van der Waals surface area contributed by atoms with Crippen LogP contribution in [0.15, 0.2) is 47.8 Å². The summed E-state index contributed by atoms with van der Waals surface area (Å²) >= 11 is 7.00. The number of nitrogens with zero attached hydrogens (tertiary/aromatic N) is 2. The molecule has 0 spiro atoms. The van der Waals surface area contributed by atoms with Gasteiger partial charge in [-0.15, -0.1) is 11.3 Å². The van der Waals surface area contributed by atoms with E-state index in [1.165, 1.54) is 28.4 Å². The molecule has 4 rings (SSSR count). The van der Waals surface area contributed by atoms with Crippen LogP contribution >= 0.6 is 22.9 Å². The number of anilines is 3. The molecule has 1 aliphatic rings. The van der Waals surface area contributed by atoms with Crippen molar-refractivity contribution in [3.05, 3.63) is 69.9 Å². The van der Waals surface area contributed by atoms with Crippen molar-refractivity contribution >= 4 is 57.2 Å². The third-order valence-electron chi connectivity index (χ3n) is 4.74. The van der Waals surface area contributed by atoms with Crippen LogP contribution in [0, 0.1) is 5.82 Å². The molecule has 3 aromatic rings. The number of halogens is 2. The summed E-state index contributed by atoms with van der Waals surface area (Å²) in [6.45, 7) is 0.669. The van der Waals surface area contributed by atoms with Gasteiger partial charge < -0.3 is 15.0 Å². The van der Waals surface area contributed by atoms with Gasteiger partial charge in [-0.25, -0.2) is 9.37 Å². The van der Waals surface area contributed by atoms with Gasteiger partial charge in [0.25, 0.3) is 11.8 Å². The topological polar surface area (TPSA) is 101 Å². The number of carbonyl (C=O) groups is 3. The van der Waals surface area contributed by atoms with Gasteiger partial charge in [0.1, 0.15) is 12.4 Å². The first-order valence-corrected chi connectivity index (χ1v) is 11.1. The summed E-state index contributed by atoms with van der Waals surface area (Å²) < 4.78 is 19.6. The molecule has 1 aromatic heterocycles. The van der Waals surface area contributed by atoms with Gasteiger partial charge in [-0.05, 0) is 42.5 Å². The van der Waals surface area contributed by atoms with Crippen LogP contribution in [0.5, 0.6) is 0 Å². The first-order chi connectivity index (χ1) is 15.9. The molecule has 1 saturated heterocycles. The van der Waals surface area contributed by atoms with E-state index in [0.29, 0.717) is 40.3 Å². The lowest BCUT2D eigenvalue weighted by Crippen LogP contribution is -2.41. The molecule has 2 aromatic carbocycles. The maximum atomic E-state index is 14.5. The second-order valence-electron chi connectivity index (χ2n) is 7.09. The van der Waals surface area contributed by atoms with Gasteiger partial charge in [-0.2, -0.15) is 0 Å². The fourth-order valence-electron chi connectivity index (χ4n) is 3.14. The molecule has 0 saturated carbocycles. The van der Waals surface area contributed by atoms with Crippen LogP contribution in [0.3, 0.4) is 0 Å². The fraction of sp³-hybridized carbons (Fsp3) is 0.182. The van der Waals surface area contributed by atoms with Gasteiger partial charge in [-0.1, -0.05) is 11.6 Å². The Morgan fingerprint density at radius 1 is 1.18 bits per heavy atom. The number of benzene rings is 2. The van der Waals surface area contributed by atoms with Crippen molar-refractivity contribution in [2.24, 2.45) is 0 Å². The lowest BCUT2D eigenvalue weighted by atomic mass is 10.2. The molecular weight excluding hydrogens is 471 g/mol. The minimum absolute atomic E-state index is 0.00375. The van der Waals surface area contributed by atoms with Crippen molar-refractivity contribution in [2.45, 2.75) is 6.42 Å². The highest BCUT2D eigenvalue weighted by atomic mass is 35.5. The zero-order valence-corrected chi connectivity index (χ0v) is 18.7. The van der Waals surface area contributed by atoms with E-state index in [1.807, 2.05) is 0 Å². The normalized spacial score (nSPS) is 13.6. The molecule has 11 heteroatoms. The van der Waals surface area contributed by atoms with Crippen LogP contribution in [-0.2, 0) is 20.7 Å². The summed E-state index contributed by atoms with van der Waals surface area (Å²) in [5.41, 5.74) is 1.25. The first-order valence-electron chi connectivity index (χ1n) is 9.88. The van der Waals surface area contributed by atoms with Crippen molar-refractivity contribution in [1.29, 1.82) is 0 Å². The Hall–Kier alpha value is -3.34. The number of rotatable bonds is 6. The summed E-state index contributed by atoms with van der Waals surface area (Å²) in [4.78, 5) is 42.2. The molecular formula is C22H18ClFN4O4S. The number of amides is 3. The number of morpholine rings is 1. The molecule has 170 valence electrons. The molecule has 8 nitrogen and oxygen atoms in total. The van der Waals surface area contributed by atoms with Gasteiger partial charge in [0.15, 0.2) is 5.13 Å². The Morgan fingerprint density at radius 2 is 1.97 bits per heavy atom. The molecule has 0 aliphatic carbocycles. The molecule has 1 aliphatic heterocycles. The van der Waals surface area contributed by atoms with Gasteiger partial charge in [0.05, 0.1) is 24.4 Å². The molecule has 0 unspecified atom stereocenters. The Morgan fingerprint density at radius 3 is 2.70 bits per heavy atom. The van der Waals surface area contributed by atoms with Gasteiger partial charge >= 0.3 is 0 Å². The maximum absolute atomic E-state index is 14.5. The standard InChI is InChI=1S/C22H18ClFN4O4S/c23-14-3-1-13(2-4-14)21(31)27-22-25-15(12-33-22)9-19(29)26-18-6-5-16(10-17(18)24)28-7-8-32-11-20(28)30/h1-6,10,12H,7-9,11H2,(H,26,29)(H,25,27,31). The van der Waals surface area contributed by atoms with Crippen LogP contribution < -0.4 is 15.5 Å². The number of aromatic nitrogens is 1.